The van der Waals surface area contributed by atoms with E-state index in [4.69, 9.17) is 5.26 Å². The van der Waals surface area contributed by atoms with E-state index in [1.165, 1.54) is 11.8 Å². The van der Waals surface area contributed by atoms with Crippen molar-refractivity contribution in [1.29, 1.82) is 5.26 Å². The first kappa shape index (κ1) is 19.3. The summed E-state index contributed by atoms with van der Waals surface area (Å²) in [5, 5.41) is 9.10. The highest BCUT2D eigenvalue weighted by molar-refractivity contribution is 6.11. The number of hydrogen-bond donors (Lipinski definition) is 0. The predicted molar refractivity (Wildman–Crippen MR) is 91.5 cm³/mol. The maximum Gasteiger partial charge on any atom is 0.224 e. The molecule has 0 aliphatic heterocycles. The Morgan fingerprint density at radius 3 is 2.27 bits per heavy atom. The zero-order valence-electron chi connectivity index (χ0n) is 13.8. The smallest absolute Gasteiger partial charge is 0.224 e. The van der Waals surface area contributed by atoms with Crippen LogP contribution in [0.5, 0.6) is 0 Å². The van der Waals surface area contributed by atoms with Crippen LogP contribution in [0.4, 0.5) is 0 Å². The summed E-state index contributed by atoms with van der Waals surface area (Å²) in [6.45, 7) is 14.5. The first-order valence-electron chi connectivity index (χ1n) is 6.73. The standard InChI is InChI=1S/C17H22N4O/c1-8-12(3)16(11-18)20-14(5)13(4)10-17(19-9-2)21(7)15(6)22/h8-10H,4-5H2,1-3,6-7H3/b12-8-,17-10+,19-9-,20-16-. The van der Waals surface area contributed by atoms with Crippen molar-refractivity contribution in [2.24, 2.45) is 9.98 Å². The first-order chi connectivity index (χ1) is 10.3. The molecule has 0 aromatic rings. The minimum Gasteiger partial charge on any atom is -0.300 e. The molecule has 0 aromatic heterocycles. The van der Waals surface area contributed by atoms with E-state index < -0.39 is 0 Å². The Labute approximate surface area is 132 Å². The van der Waals surface area contributed by atoms with Gasteiger partial charge in [-0.25, -0.2) is 9.98 Å². The van der Waals surface area contributed by atoms with Gasteiger partial charge < -0.3 is 4.90 Å². The lowest BCUT2D eigenvalue weighted by Gasteiger charge is -2.15. The van der Waals surface area contributed by atoms with Crippen molar-refractivity contribution >= 4 is 17.8 Å². The van der Waals surface area contributed by atoms with Gasteiger partial charge in [0.15, 0.2) is 0 Å². The molecule has 0 rings (SSSR count). The van der Waals surface area contributed by atoms with E-state index >= 15 is 0 Å². The molecule has 0 saturated heterocycles. The largest absolute Gasteiger partial charge is 0.300 e. The lowest BCUT2D eigenvalue weighted by Crippen LogP contribution is -2.22. The van der Waals surface area contributed by atoms with Crippen LogP contribution in [-0.2, 0) is 4.79 Å². The van der Waals surface area contributed by atoms with Crippen LogP contribution in [0.1, 0.15) is 27.7 Å². The summed E-state index contributed by atoms with van der Waals surface area (Å²) < 4.78 is 0. The second kappa shape index (κ2) is 9.24. The summed E-state index contributed by atoms with van der Waals surface area (Å²) in [4.78, 5) is 21.1. The van der Waals surface area contributed by atoms with Gasteiger partial charge in [-0.3, -0.25) is 4.79 Å². The highest BCUT2D eigenvalue weighted by Gasteiger charge is 2.09. The molecule has 0 saturated carbocycles. The number of rotatable bonds is 6. The van der Waals surface area contributed by atoms with Crippen LogP contribution in [0, 0.1) is 11.3 Å². The predicted octanol–water partition coefficient (Wildman–Crippen LogP) is 3.40. The zero-order chi connectivity index (χ0) is 17.3. The van der Waals surface area contributed by atoms with Gasteiger partial charge in [-0.15, -0.1) is 0 Å². The molecule has 116 valence electrons. The van der Waals surface area contributed by atoms with Gasteiger partial charge in [0, 0.05) is 20.2 Å². The van der Waals surface area contributed by atoms with E-state index in [9.17, 15) is 4.79 Å². The van der Waals surface area contributed by atoms with Crippen molar-refractivity contribution < 1.29 is 4.79 Å². The van der Waals surface area contributed by atoms with Crippen LogP contribution < -0.4 is 0 Å². The molecule has 0 N–H and O–H groups in total. The highest BCUT2D eigenvalue weighted by atomic mass is 16.2. The highest BCUT2D eigenvalue weighted by Crippen LogP contribution is 2.15. The van der Waals surface area contributed by atoms with Crippen molar-refractivity contribution in [2.45, 2.75) is 27.7 Å². The fraction of sp³-hybridized carbons (Fsp3) is 0.294. The van der Waals surface area contributed by atoms with Gasteiger partial charge in [-0.1, -0.05) is 19.2 Å². The molecule has 0 bridgehead atoms. The molecule has 1 amide bonds. The molecule has 22 heavy (non-hydrogen) atoms. The van der Waals surface area contributed by atoms with Crippen molar-refractivity contribution in [1.82, 2.24) is 4.90 Å². The minimum atomic E-state index is -0.152. The molecule has 0 heterocycles. The van der Waals surface area contributed by atoms with Gasteiger partial charge in [0.2, 0.25) is 5.91 Å². The number of allylic oxidation sites excluding steroid dienone is 3. The Kier molecular flexibility index (Phi) is 8.09. The number of nitrogens with zero attached hydrogens (tertiary/aromatic N) is 4. The third kappa shape index (κ3) is 5.71. The average Bonchev–Trinajstić information content (AvgIpc) is 2.49. The zero-order valence-corrected chi connectivity index (χ0v) is 13.8. The molecule has 0 spiro atoms. The van der Waals surface area contributed by atoms with Crippen molar-refractivity contribution in [3.05, 3.63) is 48.0 Å². The fourth-order valence-corrected chi connectivity index (χ4v) is 1.30. The van der Waals surface area contributed by atoms with Crippen LogP contribution in [0.2, 0.25) is 0 Å². The van der Waals surface area contributed by atoms with Crippen LogP contribution in [0.3, 0.4) is 0 Å². The number of carbonyl (C=O) groups is 1. The molecule has 0 aliphatic rings. The van der Waals surface area contributed by atoms with E-state index in [0.717, 1.165) is 5.57 Å². The molecule has 0 radical (unpaired) electrons. The molecule has 0 aliphatic carbocycles. The fourth-order valence-electron chi connectivity index (χ4n) is 1.30. The molecule has 0 aromatic carbocycles. The molecule has 5 nitrogen and oxygen atoms in total. The number of aliphatic imine (C=N–C) groups is 2. The van der Waals surface area contributed by atoms with E-state index in [2.05, 4.69) is 23.1 Å². The summed E-state index contributed by atoms with van der Waals surface area (Å²) >= 11 is 0. The third-order valence-electron chi connectivity index (χ3n) is 2.91. The van der Waals surface area contributed by atoms with Crippen LogP contribution in [0.15, 0.2) is 58.0 Å². The normalized spacial score (nSPS) is 13.0. The van der Waals surface area contributed by atoms with Crippen LogP contribution in [-0.4, -0.2) is 29.8 Å². The number of carbonyl (C=O) groups excluding carboxylic acids is 1. The Morgan fingerprint density at radius 1 is 1.27 bits per heavy atom. The Hall–Kier alpha value is -2.74. The maximum absolute atomic E-state index is 11.4. The second-order valence-electron chi connectivity index (χ2n) is 4.48. The monoisotopic (exact) mass is 298 g/mol. The van der Waals surface area contributed by atoms with Crippen molar-refractivity contribution in [2.75, 3.05) is 7.05 Å². The number of hydrogen-bond acceptors (Lipinski definition) is 4. The molecular weight excluding hydrogens is 276 g/mol. The van der Waals surface area contributed by atoms with Gasteiger partial charge >= 0.3 is 0 Å². The van der Waals surface area contributed by atoms with E-state index in [1.807, 2.05) is 13.0 Å². The van der Waals surface area contributed by atoms with E-state index in [0.29, 0.717) is 17.1 Å². The molecular formula is C17H22N4O. The topological polar surface area (TPSA) is 68.8 Å². The van der Waals surface area contributed by atoms with Crippen LogP contribution in [0.25, 0.3) is 0 Å². The molecule has 0 fully saturated rings. The summed E-state index contributed by atoms with van der Waals surface area (Å²) in [6, 6.07) is 2.02. The second-order valence-corrected chi connectivity index (χ2v) is 4.48. The Bertz CT molecular complexity index is 628. The minimum absolute atomic E-state index is 0.152. The lowest BCUT2D eigenvalue weighted by molar-refractivity contribution is -0.125. The van der Waals surface area contributed by atoms with Gasteiger partial charge in [0.25, 0.3) is 0 Å². The number of amides is 1. The Balaban J connectivity index is 5.53. The quantitative estimate of drug-likeness (QED) is 0.557. The van der Waals surface area contributed by atoms with Gasteiger partial charge in [0.1, 0.15) is 17.6 Å². The van der Waals surface area contributed by atoms with E-state index in [-0.39, 0.29) is 11.6 Å². The Morgan fingerprint density at radius 2 is 1.86 bits per heavy atom. The third-order valence-corrected chi connectivity index (χ3v) is 2.91. The SMILES string of the molecule is C=C(/C=C(\N=C/C)N(C)C(C)=O)C(=C)/N=C(C#N)\C(C)=C/C. The van der Waals surface area contributed by atoms with Gasteiger partial charge in [0.05, 0.1) is 5.70 Å². The summed E-state index contributed by atoms with van der Waals surface area (Å²) in [5.74, 6) is 0.277. The molecule has 5 heteroatoms. The molecule has 0 atom stereocenters. The summed E-state index contributed by atoms with van der Waals surface area (Å²) in [5.41, 5.74) is 1.86. The summed E-state index contributed by atoms with van der Waals surface area (Å²) in [6.07, 6.45) is 4.98. The lowest BCUT2D eigenvalue weighted by atomic mass is 10.1. The average molecular weight is 298 g/mol. The van der Waals surface area contributed by atoms with E-state index in [1.54, 1.807) is 39.3 Å². The number of nitriles is 1. The van der Waals surface area contributed by atoms with Crippen LogP contribution >= 0.6 is 0 Å². The maximum atomic E-state index is 11.4. The summed E-state index contributed by atoms with van der Waals surface area (Å²) in [7, 11) is 1.62. The van der Waals surface area contributed by atoms with Crippen molar-refractivity contribution in [3.8, 4) is 6.07 Å². The van der Waals surface area contributed by atoms with Gasteiger partial charge in [-0.2, -0.15) is 5.26 Å². The van der Waals surface area contributed by atoms with Crippen molar-refractivity contribution in [3.63, 3.8) is 0 Å². The van der Waals surface area contributed by atoms with Gasteiger partial charge in [-0.05, 0) is 38.0 Å². The first-order valence-corrected chi connectivity index (χ1v) is 6.73. The molecule has 0 unspecified atom stereocenters.